The maximum Gasteiger partial charge on any atom is 0.259 e. The Bertz CT molecular complexity index is 702. The van der Waals surface area contributed by atoms with Gasteiger partial charge >= 0.3 is 0 Å². The SMILES string of the molecule is COC1=CCC2C(=C1F)[C]=C(C)N2C(=O)c1csc(F)c1. The zero-order chi connectivity index (χ0) is 15.1. The highest BCUT2D eigenvalue weighted by Crippen LogP contribution is 2.38. The molecule has 3 nitrogen and oxygen atoms in total. The van der Waals surface area contributed by atoms with Crippen molar-refractivity contribution in [2.75, 3.05) is 7.11 Å². The number of hydrogen-bond donors (Lipinski definition) is 0. The molecular weight excluding hydrogens is 296 g/mol. The Labute approximate surface area is 124 Å². The normalized spacial score (nSPS) is 21.1. The van der Waals surface area contributed by atoms with E-state index in [-0.39, 0.29) is 17.2 Å². The Balaban J connectivity index is 1.95. The van der Waals surface area contributed by atoms with Crippen molar-refractivity contribution in [2.45, 2.75) is 19.4 Å². The van der Waals surface area contributed by atoms with Gasteiger partial charge in [0.15, 0.2) is 16.7 Å². The first-order valence-corrected chi connectivity index (χ1v) is 7.23. The second kappa shape index (κ2) is 5.11. The number of amides is 1. The molecule has 1 unspecified atom stereocenters. The number of halogens is 2. The Morgan fingerprint density at radius 2 is 2.29 bits per heavy atom. The zero-order valence-corrected chi connectivity index (χ0v) is 12.3. The lowest BCUT2D eigenvalue weighted by Gasteiger charge is -2.28. The zero-order valence-electron chi connectivity index (χ0n) is 11.4. The summed E-state index contributed by atoms with van der Waals surface area (Å²) in [5, 5.41) is 1.04. The quantitative estimate of drug-likeness (QED) is 0.836. The summed E-state index contributed by atoms with van der Waals surface area (Å²) in [6.45, 7) is 1.69. The van der Waals surface area contributed by atoms with E-state index in [0.717, 1.165) is 11.3 Å². The van der Waals surface area contributed by atoms with Gasteiger partial charge in [-0.25, -0.2) is 4.39 Å². The number of fused-ring (bicyclic) bond motifs is 1. The van der Waals surface area contributed by atoms with E-state index in [0.29, 0.717) is 17.7 Å². The van der Waals surface area contributed by atoms with Crippen molar-refractivity contribution in [2.24, 2.45) is 0 Å². The van der Waals surface area contributed by atoms with Gasteiger partial charge in [0, 0.05) is 22.7 Å². The predicted molar refractivity (Wildman–Crippen MR) is 74.5 cm³/mol. The van der Waals surface area contributed by atoms with Crippen molar-refractivity contribution < 1.29 is 18.3 Å². The molecule has 3 rings (SSSR count). The molecule has 21 heavy (non-hydrogen) atoms. The van der Waals surface area contributed by atoms with Gasteiger partial charge in [0.2, 0.25) is 0 Å². The monoisotopic (exact) mass is 308 g/mol. The van der Waals surface area contributed by atoms with Gasteiger partial charge in [-0.1, -0.05) is 0 Å². The van der Waals surface area contributed by atoms with Gasteiger partial charge < -0.3 is 9.64 Å². The predicted octanol–water partition coefficient (Wildman–Crippen LogP) is 3.58. The molecule has 0 bridgehead atoms. The molecule has 0 saturated carbocycles. The number of thiophene rings is 1. The van der Waals surface area contributed by atoms with Crippen LogP contribution in [0.1, 0.15) is 23.7 Å². The maximum atomic E-state index is 14.2. The molecule has 0 aromatic carbocycles. The molecule has 1 aromatic heterocycles. The van der Waals surface area contributed by atoms with Crippen molar-refractivity contribution in [1.29, 1.82) is 0 Å². The van der Waals surface area contributed by atoms with E-state index in [1.807, 2.05) is 0 Å². The second-order valence-electron chi connectivity index (χ2n) is 4.78. The summed E-state index contributed by atoms with van der Waals surface area (Å²) in [6, 6.07) is 0.747. The third-order valence-corrected chi connectivity index (χ3v) is 4.27. The van der Waals surface area contributed by atoms with E-state index in [9.17, 15) is 13.6 Å². The van der Waals surface area contributed by atoms with Crippen LogP contribution >= 0.6 is 11.3 Å². The van der Waals surface area contributed by atoms with Gasteiger partial charge in [0.25, 0.3) is 5.91 Å². The lowest BCUT2D eigenvalue weighted by molar-refractivity contribution is 0.0779. The summed E-state index contributed by atoms with van der Waals surface area (Å²) in [4.78, 5) is 13.9. The van der Waals surface area contributed by atoms with Crippen LogP contribution in [0.2, 0.25) is 0 Å². The number of rotatable bonds is 2. The molecule has 2 aliphatic rings. The van der Waals surface area contributed by atoms with Gasteiger partial charge in [-0.05, 0) is 25.5 Å². The van der Waals surface area contributed by atoms with Crippen LogP contribution in [0.3, 0.4) is 0 Å². The fourth-order valence-electron chi connectivity index (χ4n) is 2.59. The van der Waals surface area contributed by atoms with Gasteiger partial charge in [-0.2, -0.15) is 4.39 Å². The minimum absolute atomic E-state index is 0.164. The summed E-state index contributed by atoms with van der Waals surface area (Å²) in [5.74, 6) is -0.681. The highest BCUT2D eigenvalue weighted by molar-refractivity contribution is 7.08. The molecule has 1 radical (unpaired) electrons. The first-order valence-electron chi connectivity index (χ1n) is 6.35. The molecule has 1 aliphatic heterocycles. The Morgan fingerprint density at radius 3 is 2.90 bits per heavy atom. The molecule has 6 heteroatoms. The number of allylic oxidation sites excluding steroid dienone is 2. The summed E-state index contributed by atoms with van der Waals surface area (Å²) < 4.78 is 32.3. The van der Waals surface area contributed by atoms with Gasteiger partial charge in [0.05, 0.1) is 18.7 Å². The molecule has 1 amide bonds. The standard InChI is InChI=1S/C15H12F2NO2S/c1-8-5-10-11(3-4-12(20-2)14(10)17)18(8)15(19)9-6-13(16)21-7-9/h4,6-7,11H,3H2,1-2H3. The van der Waals surface area contributed by atoms with Crippen molar-refractivity contribution >= 4 is 17.2 Å². The van der Waals surface area contributed by atoms with Crippen LogP contribution in [-0.2, 0) is 4.74 Å². The van der Waals surface area contributed by atoms with Gasteiger partial charge in [-0.3, -0.25) is 4.79 Å². The topological polar surface area (TPSA) is 29.5 Å². The molecule has 2 heterocycles. The first kappa shape index (κ1) is 14.0. The molecule has 1 aliphatic carbocycles. The van der Waals surface area contributed by atoms with Crippen LogP contribution in [0.25, 0.3) is 0 Å². The summed E-state index contributed by atoms with van der Waals surface area (Å²) in [7, 11) is 1.40. The highest BCUT2D eigenvalue weighted by Gasteiger charge is 2.38. The van der Waals surface area contributed by atoms with E-state index in [1.165, 1.54) is 23.5 Å². The van der Waals surface area contributed by atoms with Crippen molar-refractivity contribution in [3.8, 4) is 0 Å². The number of carbonyl (C=O) groups excluding carboxylic acids is 1. The Kier molecular flexibility index (Phi) is 3.41. The van der Waals surface area contributed by atoms with Crippen molar-refractivity contribution in [3.05, 3.63) is 57.1 Å². The van der Waals surface area contributed by atoms with E-state index >= 15 is 0 Å². The average Bonchev–Trinajstić information content (AvgIpc) is 3.02. The number of nitrogens with zero attached hydrogens (tertiary/aromatic N) is 1. The Morgan fingerprint density at radius 1 is 1.52 bits per heavy atom. The lowest BCUT2D eigenvalue weighted by Crippen LogP contribution is -2.36. The summed E-state index contributed by atoms with van der Waals surface area (Å²) in [6.07, 6.45) is 4.94. The third-order valence-electron chi connectivity index (χ3n) is 3.55. The van der Waals surface area contributed by atoms with Crippen LogP contribution in [-0.4, -0.2) is 24.0 Å². The number of ether oxygens (including phenoxy) is 1. The van der Waals surface area contributed by atoms with Gasteiger partial charge in [-0.15, -0.1) is 11.3 Å². The molecule has 109 valence electrons. The average molecular weight is 308 g/mol. The van der Waals surface area contributed by atoms with Crippen LogP contribution in [0, 0.1) is 11.2 Å². The van der Waals surface area contributed by atoms with Crippen LogP contribution in [0.15, 0.2) is 40.4 Å². The minimum Gasteiger partial charge on any atom is -0.494 e. The number of carbonyl (C=O) groups is 1. The van der Waals surface area contributed by atoms with E-state index in [4.69, 9.17) is 4.74 Å². The van der Waals surface area contributed by atoms with Crippen LogP contribution < -0.4 is 0 Å². The molecule has 0 N–H and O–H groups in total. The molecular formula is C15H12F2NO2S. The Hall–Kier alpha value is -1.95. The minimum atomic E-state index is -0.500. The van der Waals surface area contributed by atoms with E-state index in [2.05, 4.69) is 6.08 Å². The molecule has 1 aromatic rings. The molecule has 0 fully saturated rings. The summed E-state index contributed by atoms with van der Waals surface area (Å²) in [5.41, 5.74) is 1.10. The summed E-state index contributed by atoms with van der Waals surface area (Å²) >= 11 is 0.865. The van der Waals surface area contributed by atoms with Crippen molar-refractivity contribution in [1.82, 2.24) is 4.90 Å². The number of hydrogen-bond acceptors (Lipinski definition) is 3. The third kappa shape index (κ3) is 2.19. The first-order chi connectivity index (χ1) is 10.0. The van der Waals surface area contributed by atoms with E-state index in [1.54, 1.807) is 13.0 Å². The molecule has 1 atom stereocenters. The second-order valence-corrected chi connectivity index (χ2v) is 5.64. The smallest absolute Gasteiger partial charge is 0.259 e. The fraction of sp³-hybridized carbons (Fsp3) is 0.267. The molecule has 0 saturated heterocycles. The van der Waals surface area contributed by atoms with E-state index < -0.39 is 17.0 Å². The largest absolute Gasteiger partial charge is 0.494 e. The highest BCUT2D eigenvalue weighted by atomic mass is 32.1. The van der Waals surface area contributed by atoms with Crippen LogP contribution in [0.5, 0.6) is 0 Å². The number of methoxy groups -OCH3 is 1. The maximum absolute atomic E-state index is 14.2. The van der Waals surface area contributed by atoms with Gasteiger partial charge in [0.1, 0.15) is 0 Å². The molecule has 0 spiro atoms. The fourth-order valence-corrected chi connectivity index (χ4v) is 3.20. The van der Waals surface area contributed by atoms with Crippen molar-refractivity contribution in [3.63, 3.8) is 0 Å². The van der Waals surface area contributed by atoms with Crippen LogP contribution in [0.4, 0.5) is 8.78 Å². The lowest BCUT2D eigenvalue weighted by atomic mass is 9.98.